The van der Waals surface area contributed by atoms with Crippen LogP contribution in [0.4, 0.5) is 4.79 Å². The van der Waals surface area contributed by atoms with Crippen molar-refractivity contribution in [1.29, 1.82) is 0 Å². The number of likely N-dealkylation sites (tertiary alicyclic amines) is 2. The molecule has 16 heteroatoms. The van der Waals surface area contributed by atoms with Crippen LogP contribution in [0.3, 0.4) is 0 Å². The van der Waals surface area contributed by atoms with Crippen molar-refractivity contribution < 1.29 is 82.9 Å². The molecule has 55 heavy (non-hydrogen) atoms. The first-order chi connectivity index (χ1) is 25.5. The fourth-order valence-corrected chi connectivity index (χ4v) is 6.03. The van der Waals surface area contributed by atoms with E-state index in [1.165, 1.54) is 45.4 Å². The number of hydrogen-bond donors (Lipinski definition) is 3. The molecule has 5 rings (SSSR count). The van der Waals surface area contributed by atoms with Gasteiger partial charge >= 0.3 is 47.6 Å². The Labute approximate surface area is 351 Å². The minimum Gasteiger partial charge on any atom is -0.793 e. The van der Waals surface area contributed by atoms with Crippen molar-refractivity contribution in [2.75, 3.05) is 39.3 Å². The van der Waals surface area contributed by atoms with Gasteiger partial charge in [-0.3, -0.25) is 9.59 Å². The molecule has 14 nitrogen and oxygen atoms in total. The second kappa shape index (κ2) is 29.7. The molecule has 1 saturated carbocycles. The predicted octanol–water partition coefficient (Wildman–Crippen LogP) is 1.72. The molecule has 3 heterocycles. The summed E-state index contributed by atoms with van der Waals surface area (Å²) in [4.78, 5) is 64.1. The zero-order valence-electron chi connectivity index (χ0n) is 34.1. The van der Waals surface area contributed by atoms with Crippen LogP contribution >= 0.6 is 0 Å². The molecule has 3 radical (unpaired) electrons. The van der Waals surface area contributed by atoms with E-state index in [1.54, 1.807) is 4.90 Å². The second-order valence-electron chi connectivity index (χ2n) is 14.6. The number of carbonyl (C=O) groups is 5. The van der Waals surface area contributed by atoms with Gasteiger partial charge in [0.2, 0.25) is 5.97 Å². The Morgan fingerprint density at radius 2 is 1.27 bits per heavy atom. The summed E-state index contributed by atoms with van der Waals surface area (Å²) >= 11 is 0. The van der Waals surface area contributed by atoms with E-state index in [9.17, 15) is 34.2 Å². The first-order valence-electron chi connectivity index (χ1n) is 19.1. The number of nitrogens with one attached hydrogen (secondary N) is 1. The van der Waals surface area contributed by atoms with E-state index in [4.69, 9.17) is 4.74 Å². The zero-order valence-corrected chi connectivity index (χ0v) is 36.1. The molecule has 3 saturated heterocycles. The number of ketones is 1. The average Bonchev–Trinajstić information content (AvgIpc) is 3.54. The molecular weight excluding hydrogens is 720 g/mol. The summed E-state index contributed by atoms with van der Waals surface area (Å²) in [5.74, 6) is -1.52. The molecule has 1 aliphatic carbocycles. The first kappa shape index (κ1) is 52.5. The maximum absolute atomic E-state index is 11.8. The smallest absolute Gasteiger partial charge is 0.793 e. The molecular formula is C39H64BN3NaO11. The SMILES string of the molecule is CC(=O)OOC(C)=O.CC1(O)CCN(C2CCCCCC2)CC1.CC1(O)CCNCC1.O=C1CCCN(C(=O)OCc2ccccc2)CC1.[B-]OC(C)=O.[Na+]. The molecule has 1 amide bonds. The number of hydrogen-bond acceptors (Lipinski definition) is 13. The van der Waals surface area contributed by atoms with Crippen molar-refractivity contribution in [1.82, 2.24) is 15.1 Å². The van der Waals surface area contributed by atoms with Gasteiger partial charge in [-0.15, -0.1) is 0 Å². The number of ether oxygens (including phenoxy) is 1. The number of amides is 1. The van der Waals surface area contributed by atoms with Crippen LogP contribution in [-0.4, -0.2) is 114 Å². The number of nitrogens with zero attached hydrogens (tertiary/aromatic N) is 2. The van der Waals surface area contributed by atoms with Gasteiger partial charge in [0.15, 0.2) is 0 Å². The van der Waals surface area contributed by atoms with Crippen LogP contribution < -0.4 is 34.9 Å². The van der Waals surface area contributed by atoms with Gasteiger partial charge in [-0.25, -0.2) is 24.2 Å². The van der Waals surface area contributed by atoms with Gasteiger partial charge < -0.3 is 42.8 Å². The molecule has 3 N–H and O–H groups in total. The molecule has 4 fully saturated rings. The minimum atomic E-state index is -0.639. The summed E-state index contributed by atoms with van der Waals surface area (Å²) < 4.78 is 8.85. The van der Waals surface area contributed by atoms with E-state index in [2.05, 4.69) is 32.7 Å². The van der Waals surface area contributed by atoms with Crippen molar-refractivity contribution in [3.63, 3.8) is 0 Å². The molecule has 305 valence electrons. The Kier molecular flexibility index (Phi) is 28.3. The van der Waals surface area contributed by atoms with Gasteiger partial charge in [0.1, 0.15) is 12.4 Å². The predicted molar refractivity (Wildman–Crippen MR) is 204 cm³/mol. The number of Topliss-reactive ketones (excluding diaryl/α,β-unsaturated/α-hetero) is 1. The van der Waals surface area contributed by atoms with Crippen LogP contribution in [0.15, 0.2) is 30.3 Å². The van der Waals surface area contributed by atoms with Crippen LogP contribution in [0.25, 0.3) is 0 Å². The van der Waals surface area contributed by atoms with E-state index in [0.717, 1.165) is 83.7 Å². The fraction of sp³-hybridized carbons (Fsp3) is 0.718. The second-order valence-corrected chi connectivity index (χ2v) is 14.6. The normalized spacial score (nSPS) is 19.3. The third kappa shape index (κ3) is 27.7. The summed E-state index contributed by atoms with van der Waals surface area (Å²) in [7, 11) is 4.32. The quantitative estimate of drug-likeness (QED) is 0.175. The summed E-state index contributed by atoms with van der Waals surface area (Å²) in [5, 5.41) is 22.4. The van der Waals surface area contributed by atoms with Crippen LogP contribution in [0.5, 0.6) is 0 Å². The van der Waals surface area contributed by atoms with E-state index in [1.807, 2.05) is 44.2 Å². The van der Waals surface area contributed by atoms with Gasteiger partial charge in [-0.2, -0.15) is 0 Å². The topological polar surface area (TPSA) is 181 Å². The van der Waals surface area contributed by atoms with Gasteiger partial charge in [-0.05, 0) is 77.4 Å². The zero-order chi connectivity index (χ0) is 40.4. The van der Waals surface area contributed by atoms with Crippen molar-refractivity contribution in [3.05, 3.63) is 35.9 Å². The van der Waals surface area contributed by atoms with Crippen molar-refractivity contribution >= 4 is 37.8 Å². The summed E-state index contributed by atoms with van der Waals surface area (Å²) in [6, 6.07) is 10.4. The summed E-state index contributed by atoms with van der Waals surface area (Å²) in [5.41, 5.74) is 0.198. The number of piperidine rings is 2. The Bertz CT molecular complexity index is 1220. The fourth-order valence-electron chi connectivity index (χ4n) is 6.03. The maximum Gasteiger partial charge on any atom is 1.00 e. The molecule has 4 aliphatic rings. The van der Waals surface area contributed by atoms with Gasteiger partial charge in [0.25, 0.3) is 0 Å². The monoisotopic (exact) mass is 784 g/mol. The summed E-state index contributed by atoms with van der Waals surface area (Å²) in [6.45, 7) is 12.9. The Balaban J connectivity index is 0.000000709. The molecule has 0 atom stereocenters. The van der Waals surface area contributed by atoms with E-state index < -0.39 is 17.9 Å². The molecule has 1 aromatic carbocycles. The first-order valence-corrected chi connectivity index (χ1v) is 19.1. The van der Waals surface area contributed by atoms with Crippen LogP contribution in [0.2, 0.25) is 0 Å². The Morgan fingerprint density at radius 3 is 1.73 bits per heavy atom. The molecule has 1 aromatic rings. The number of rotatable bonds is 3. The van der Waals surface area contributed by atoms with Crippen LogP contribution in [0.1, 0.15) is 124 Å². The number of benzene rings is 1. The van der Waals surface area contributed by atoms with E-state index in [0.29, 0.717) is 25.9 Å². The van der Waals surface area contributed by atoms with Crippen molar-refractivity contribution in [3.8, 4) is 0 Å². The number of aliphatic hydroxyl groups is 2. The average molecular weight is 785 g/mol. The minimum absolute atomic E-state index is 0. The Hall–Kier alpha value is -2.53. The Morgan fingerprint density at radius 1 is 0.764 bits per heavy atom. The maximum atomic E-state index is 11.8. The molecule has 0 spiro atoms. The number of carbonyl (C=O) groups excluding carboxylic acids is 5. The summed E-state index contributed by atoms with van der Waals surface area (Å²) in [6.07, 6.45) is 13.6. The standard InChI is InChI=1S/C14H17NO3.C13H25NO.C6H13NO.C4H6O4.C2H3BO2.Na/c16-13-7-4-9-15(10-8-13)14(17)18-11-12-5-2-1-3-6-12;1-13(15)8-10-14(11-9-13)12-6-4-2-3-5-7-12;1-6(8)2-4-7-5-3-6;1-3(5)7-8-4(2)6;1-2(4)5-3;/h1-3,5-6H,4,7-11H2;12,15H,2-11H2,1H3;7-8H,2-5H2,1H3;1-2H3;1H3;/q;;;;-1;+1. The molecule has 0 unspecified atom stereocenters. The van der Waals surface area contributed by atoms with Crippen molar-refractivity contribution in [2.24, 2.45) is 0 Å². The van der Waals surface area contributed by atoms with Gasteiger partial charge in [0, 0.05) is 65.8 Å². The van der Waals surface area contributed by atoms with E-state index in [-0.39, 0.29) is 59.2 Å². The van der Waals surface area contributed by atoms with E-state index >= 15 is 0 Å². The molecule has 0 bridgehead atoms. The van der Waals surface area contributed by atoms with Crippen LogP contribution in [-0.2, 0) is 45.0 Å². The molecule has 0 aromatic heterocycles. The van der Waals surface area contributed by atoms with Crippen molar-refractivity contribution in [2.45, 2.75) is 142 Å². The molecule has 3 aliphatic heterocycles. The third-order valence-electron chi connectivity index (χ3n) is 9.35. The van der Waals surface area contributed by atoms with Crippen LogP contribution in [0, 0.1) is 0 Å². The van der Waals surface area contributed by atoms with Gasteiger partial charge in [0.05, 0.1) is 11.2 Å². The largest absolute Gasteiger partial charge is 1.00 e. The third-order valence-corrected chi connectivity index (χ3v) is 9.35. The van der Waals surface area contributed by atoms with Gasteiger partial charge in [-0.1, -0.05) is 56.0 Å².